The molecule has 6 aromatic rings. The van der Waals surface area contributed by atoms with Crippen LogP contribution in [0.2, 0.25) is 0 Å². The molecule has 0 saturated carbocycles. The number of benzene rings is 4. The zero-order valence-electron chi connectivity index (χ0n) is 16.0. The van der Waals surface area contributed by atoms with Crippen molar-refractivity contribution in [3.05, 3.63) is 90.5 Å². The van der Waals surface area contributed by atoms with Crippen molar-refractivity contribution in [3.63, 3.8) is 0 Å². The molecule has 0 aliphatic carbocycles. The molecule has 0 spiro atoms. The maximum absolute atomic E-state index is 6.10. The van der Waals surface area contributed by atoms with Crippen molar-refractivity contribution in [2.45, 2.75) is 10.9 Å². The molecule has 0 unspecified atom stereocenters. The maximum Gasteiger partial charge on any atom is 0.174 e. The minimum absolute atomic E-state index is 0.921. The number of fused-ring (bicyclic) bond motifs is 8. The van der Waals surface area contributed by atoms with Crippen LogP contribution in [0, 0.1) is 0 Å². The zero-order chi connectivity index (χ0) is 19.7. The molecule has 1 aliphatic heterocycles. The van der Waals surface area contributed by atoms with Gasteiger partial charge in [0.05, 0.1) is 16.7 Å². The predicted molar refractivity (Wildman–Crippen MR) is 123 cm³/mol. The van der Waals surface area contributed by atoms with Gasteiger partial charge in [-0.1, -0.05) is 66.4 Å². The topological polar surface area (TPSA) is 31.0 Å². The van der Waals surface area contributed by atoms with Crippen LogP contribution in [-0.2, 0) is 5.75 Å². The van der Waals surface area contributed by atoms with Crippen molar-refractivity contribution in [3.8, 4) is 16.8 Å². The Morgan fingerprint density at radius 3 is 2.70 bits per heavy atom. The summed E-state index contributed by atoms with van der Waals surface area (Å²) in [5.41, 5.74) is 8.97. The average molecular weight is 404 g/mol. The lowest BCUT2D eigenvalue weighted by molar-refractivity contribution is 0.669. The number of hydrogen-bond donors (Lipinski definition) is 0. The second-order valence-electron chi connectivity index (χ2n) is 7.63. The molecule has 4 aromatic carbocycles. The van der Waals surface area contributed by atoms with Gasteiger partial charge in [0.1, 0.15) is 11.2 Å². The molecule has 0 atom stereocenters. The Balaban J connectivity index is 1.53. The van der Waals surface area contributed by atoms with Crippen molar-refractivity contribution in [2.24, 2.45) is 0 Å². The summed E-state index contributed by atoms with van der Waals surface area (Å²) in [6.07, 6.45) is 0. The van der Waals surface area contributed by atoms with Crippen molar-refractivity contribution >= 4 is 44.7 Å². The Hall–Kier alpha value is -3.50. The molecule has 142 valence electrons. The number of para-hydroxylation sites is 2. The summed E-state index contributed by atoms with van der Waals surface area (Å²) in [6, 6.07) is 29.7. The van der Waals surface area contributed by atoms with E-state index < -0.39 is 0 Å². The van der Waals surface area contributed by atoms with Gasteiger partial charge < -0.3 is 4.42 Å². The molecule has 0 amide bonds. The number of hydrogen-bond acceptors (Lipinski definition) is 3. The first kappa shape index (κ1) is 16.3. The van der Waals surface area contributed by atoms with Gasteiger partial charge in [0.25, 0.3) is 0 Å². The van der Waals surface area contributed by atoms with E-state index in [0.29, 0.717) is 0 Å². The molecule has 0 fully saturated rings. The third-order valence-electron chi connectivity index (χ3n) is 5.93. The third kappa shape index (κ3) is 2.20. The zero-order valence-corrected chi connectivity index (χ0v) is 16.8. The fraction of sp³-hybridized carbons (Fsp3) is 0.0385. The molecule has 1 aliphatic rings. The minimum atomic E-state index is 0.921. The van der Waals surface area contributed by atoms with Crippen LogP contribution in [0.25, 0.3) is 49.8 Å². The lowest BCUT2D eigenvalue weighted by atomic mass is 9.99. The fourth-order valence-corrected chi connectivity index (χ4v) is 5.58. The lowest BCUT2D eigenvalue weighted by Crippen LogP contribution is -2.05. The molecule has 0 radical (unpaired) electrons. The molecule has 0 bridgehead atoms. The fourth-order valence-electron chi connectivity index (χ4n) is 4.56. The quantitative estimate of drug-likeness (QED) is 0.290. The average Bonchev–Trinajstić information content (AvgIpc) is 3.37. The molecule has 0 saturated heterocycles. The first-order chi connectivity index (χ1) is 14.9. The van der Waals surface area contributed by atoms with E-state index in [9.17, 15) is 0 Å². The number of furan rings is 1. The van der Waals surface area contributed by atoms with Crippen molar-refractivity contribution in [1.29, 1.82) is 0 Å². The number of nitrogens with zero attached hydrogens (tertiary/aromatic N) is 2. The molecule has 2 aromatic heterocycles. The van der Waals surface area contributed by atoms with Crippen LogP contribution in [0.15, 0.2) is 94.5 Å². The molecule has 0 N–H and O–H groups in total. The summed E-state index contributed by atoms with van der Waals surface area (Å²) in [5.74, 6) is 0.965. The van der Waals surface area contributed by atoms with Gasteiger partial charge in [0, 0.05) is 16.5 Å². The standard InChI is InChI=1S/C26H16N2OS/c1-3-9-21-17(6-1)15-30-26-27-20-13-12-16(14-22(20)28(21)26)18-8-5-11-24-25(18)19-7-2-4-10-23(19)29-24/h1-14H,15H2. The first-order valence-electron chi connectivity index (χ1n) is 10.0. The largest absolute Gasteiger partial charge is 0.456 e. The maximum atomic E-state index is 6.10. The highest BCUT2D eigenvalue weighted by molar-refractivity contribution is 7.98. The van der Waals surface area contributed by atoms with Gasteiger partial charge in [-0.3, -0.25) is 4.57 Å². The van der Waals surface area contributed by atoms with E-state index in [1.807, 2.05) is 18.2 Å². The van der Waals surface area contributed by atoms with Crippen molar-refractivity contribution in [2.75, 3.05) is 0 Å². The summed E-state index contributed by atoms with van der Waals surface area (Å²) >= 11 is 1.80. The Morgan fingerprint density at radius 2 is 1.70 bits per heavy atom. The molecule has 4 heteroatoms. The van der Waals surface area contributed by atoms with Crippen LogP contribution >= 0.6 is 11.8 Å². The van der Waals surface area contributed by atoms with E-state index in [2.05, 4.69) is 71.3 Å². The number of imidazole rings is 1. The monoisotopic (exact) mass is 404 g/mol. The third-order valence-corrected chi connectivity index (χ3v) is 6.91. The second-order valence-corrected chi connectivity index (χ2v) is 8.57. The van der Waals surface area contributed by atoms with E-state index >= 15 is 0 Å². The van der Waals surface area contributed by atoms with E-state index in [4.69, 9.17) is 9.40 Å². The van der Waals surface area contributed by atoms with Gasteiger partial charge in [-0.25, -0.2) is 4.98 Å². The SMILES string of the molecule is c1ccc2c(c1)CSc1nc3ccc(-c4cccc5oc6ccccc6c45)cc3n1-2. The van der Waals surface area contributed by atoms with Gasteiger partial charge in [0.15, 0.2) is 5.16 Å². The van der Waals surface area contributed by atoms with E-state index in [1.165, 1.54) is 27.8 Å². The van der Waals surface area contributed by atoms with Gasteiger partial charge in [0.2, 0.25) is 0 Å². The van der Waals surface area contributed by atoms with E-state index in [1.54, 1.807) is 11.8 Å². The summed E-state index contributed by atoms with van der Waals surface area (Å²) in [6.45, 7) is 0. The molecule has 3 heterocycles. The summed E-state index contributed by atoms with van der Waals surface area (Å²) in [7, 11) is 0. The number of aromatic nitrogens is 2. The predicted octanol–water partition coefficient (Wildman–Crippen LogP) is 7.20. The van der Waals surface area contributed by atoms with Crippen LogP contribution in [0.5, 0.6) is 0 Å². The van der Waals surface area contributed by atoms with Crippen molar-refractivity contribution in [1.82, 2.24) is 9.55 Å². The van der Waals surface area contributed by atoms with E-state index in [-0.39, 0.29) is 0 Å². The second kappa shape index (κ2) is 6.00. The van der Waals surface area contributed by atoms with Crippen LogP contribution in [-0.4, -0.2) is 9.55 Å². The lowest BCUT2D eigenvalue weighted by Gasteiger charge is -2.18. The highest BCUT2D eigenvalue weighted by atomic mass is 32.2. The Kier molecular flexibility index (Phi) is 3.26. The highest BCUT2D eigenvalue weighted by Crippen LogP contribution is 2.40. The van der Waals surface area contributed by atoms with E-state index in [0.717, 1.165) is 38.5 Å². The van der Waals surface area contributed by atoms with Gasteiger partial charge in [-0.05, 0) is 47.0 Å². The molecular formula is C26H16N2OS. The molecule has 7 rings (SSSR count). The smallest absolute Gasteiger partial charge is 0.174 e. The van der Waals surface area contributed by atoms with Crippen molar-refractivity contribution < 1.29 is 4.42 Å². The normalized spacial score (nSPS) is 13.1. The Bertz CT molecular complexity index is 1610. The van der Waals surface area contributed by atoms with Gasteiger partial charge in [-0.15, -0.1) is 0 Å². The van der Waals surface area contributed by atoms with Crippen LogP contribution in [0.1, 0.15) is 5.56 Å². The summed E-state index contributed by atoms with van der Waals surface area (Å²) in [5, 5.41) is 3.38. The Labute approximate surface area is 177 Å². The van der Waals surface area contributed by atoms with Gasteiger partial charge >= 0.3 is 0 Å². The minimum Gasteiger partial charge on any atom is -0.456 e. The molecule has 3 nitrogen and oxygen atoms in total. The van der Waals surface area contributed by atoms with Gasteiger partial charge in [-0.2, -0.15) is 0 Å². The summed E-state index contributed by atoms with van der Waals surface area (Å²) < 4.78 is 8.40. The number of thioether (sulfide) groups is 1. The number of rotatable bonds is 1. The Morgan fingerprint density at radius 1 is 0.833 bits per heavy atom. The summed E-state index contributed by atoms with van der Waals surface area (Å²) in [4.78, 5) is 4.90. The molecule has 30 heavy (non-hydrogen) atoms. The van der Waals surface area contributed by atoms with Crippen LogP contribution in [0.4, 0.5) is 0 Å². The highest BCUT2D eigenvalue weighted by Gasteiger charge is 2.21. The first-order valence-corrected chi connectivity index (χ1v) is 11.0. The van der Waals surface area contributed by atoms with Crippen LogP contribution in [0.3, 0.4) is 0 Å². The van der Waals surface area contributed by atoms with Crippen LogP contribution < -0.4 is 0 Å². The molecular weight excluding hydrogens is 388 g/mol.